The number of aromatic nitrogens is 1. The van der Waals surface area contributed by atoms with E-state index < -0.39 is 0 Å². The molecule has 16 heavy (non-hydrogen) atoms. The first kappa shape index (κ1) is 10.6. The lowest BCUT2D eigenvalue weighted by Crippen LogP contribution is -1.83. The third-order valence-corrected chi connectivity index (χ3v) is 2.95. The van der Waals surface area contributed by atoms with Crippen LogP contribution in [0.2, 0.25) is 0 Å². The summed E-state index contributed by atoms with van der Waals surface area (Å²) >= 11 is 1.33. The molecular weight excluding hydrogens is 218 g/mol. The fourth-order valence-electron chi connectivity index (χ4n) is 1.14. The van der Waals surface area contributed by atoms with Crippen molar-refractivity contribution in [3.05, 3.63) is 52.0 Å². The van der Waals surface area contributed by atoms with Gasteiger partial charge in [0.05, 0.1) is 11.1 Å². The van der Waals surface area contributed by atoms with E-state index in [1.165, 1.54) is 18.3 Å². The summed E-state index contributed by atoms with van der Waals surface area (Å²) in [5, 5.41) is 0.675. The van der Waals surface area contributed by atoms with Crippen molar-refractivity contribution in [2.75, 3.05) is 0 Å². The zero-order valence-corrected chi connectivity index (χ0v) is 9.54. The van der Waals surface area contributed by atoms with Crippen LogP contribution in [0, 0.1) is 11.8 Å². The van der Waals surface area contributed by atoms with E-state index in [1.807, 2.05) is 30.3 Å². The number of hydrogen-bond donors (Lipinski definition) is 0. The molecule has 2 nitrogen and oxygen atoms in total. The van der Waals surface area contributed by atoms with E-state index in [1.54, 1.807) is 6.20 Å². The Bertz CT molecular complexity index is 560. The zero-order chi connectivity index (χ0) is 11.4. The summed E-state index contributed by atoms with van der Waals surface area (Å²) < 4.78 is 0. The molecule has 0 atom stereocenters. The number of carbonyl (C=O) groups excluding carboxylic acids is 1. The number of carbonyl (C=O) groups is 1. The van der Waals surface area contributed by atoms with Crippen molar-refractivity contribution in [2.24, 2.45) is 0 Å². The van der Waals surface area contributed by atoms with Crippen LogP contribution >= 0.6 is 11.3 Å². The summed E-state index contributed by atoms with van der Waals surface area (Å²) in [7, 11) is 0. The third kappa shape index (κ3) is 2.56. The van der Waals surface area contributed by atoms with Crippen LogP contribution in [0.4, 0.5) is 0 Å². The molecule has 3 heteroatoms. The summed E-state index contributed by atoms with van der Waals surface area (Å²) in [6.07, 6.45) is 1.57. The van der Waals surface area contributed by atoms with Gasteiger partial charge < -0.3 is 0 Å². The van der Waals surface area contributed by atoms with Crippen molar-refractivity contribution < 1.29 is 4.79 Å². The van der Waals surface area contributed by atoms with Crippen molar-refractivity contribution in [1.82, 2.24) is 4.98 Å². The molecule has 1 heterocycles. The molecule has 0 aliphatic carbocycles. The number of Topliss-reactive ketones (excluding diaryl/α,β-unsaturated/α-hetero) is 1. The highest BCUT2D eigenvalue weighted by molar-refractivity contribution is 7.14. The van der Waals surface area contributed by atoms with E-state index in [-0.39, 0.29) is 5.78 Å². The van der Waals surface area contributed by atoms with E-state index in [9.17, 15) is 4.79 Å². The van der Waals surface area contributed by atoms with Crippen molar-refractivity contribution in [3.8, 4) is 11.8 Å². The van der Waals surface area contributed by atoms with Crippen LogP contribution in [0.25, 0.3) is 0 Å². The Morgan fingerprint density at radius 1 is 1.25 bits per heavy atom. The highest BCUT2D eigenvalue weighted by Gasteiger charge is 2.03. The average Bonchev–Trinajstić information content (AvgIpc) is 2.76. The Morgan fingerprint density at radius 3 is 2.62 bits per heavy atom. The predicted molar refractivity (Wildman–Crippen MR) is 64.5 cm³/mol. The molecule has 0 radical (unpaired) electrons. The third-order valence-electron chi connectivity index (χ3n) is 1.94. The first-order valence-electron chi connectivity index (χ1n) is 4.79. The van der Waals surface area contributed by atoms with Crippen molar-refractivity contribution in [1.29, 1.82) is 0 Å². The minimum Gasteiger partial charge on any atom is -0.294 e. The number of benzene rings is 1. The number of ketones is 1. The van der Waals surface area contributed by atoms with Crippen LogP contribution in [0.3, 0.4) is 0 Å². The second-order valence-corrected chi connectivity index (χ2v) is 4.23. The van der Waals surface area contributed by atoms with Crippen molar-refractivity contribution >= 4 is 17.1 Å². The van der Waals surface area contributed by atoms with Crippen LogP contribution in [0.15, 0.2) is 36.5 Å². The largest absolute Gasteiger partial charge is 0.294 e. The summed E-state index contributed by atoms with van der Waals surface area (Å²) in [6.45, 7) is 1.53. The first-order valence-corrected chi connectivity index (χ1v) is 5.61. The lowest BCUT2D eigenvalue weighted by atomic mass is 10.2. The molecule has 2 rings (SSSR count). The highest BCUT2D eigenvalue weighted by atomic mass is 32.1. The molecule has 1 aromatic heterocycles. The van der Waals surface area contributed by atoms with Crippen LogP contribution in [0.1, 0.15) is 27.2 Å². The first-order chi connectivity index (χ1) is 7.75. The van der Waals surface area contributed by atoms with E-state index in [0.717, 1.165) is 5.56 Å². The predicted octanol–water partition coefficient (Wildman–Crippen LogP) is 2.75. The van der Waals surface area contributed by atoms with Gasteiger partial charge in [-0.2, -0.15) is 0 Å². The molecule has 0 aliphatic heterocycles. The maximum absolute atomic E-state index is 11.1. The number of rotatable bonds is 1. The van der Waals surface area contributed by atoms with Gasteiger partial charge in [-0.1, -0.05) is 24.1 Å². The van der Waals surface area contributed by atoms with E-state index >= 15 is 0 Å². The second kappa shape index (κ2) is 4.73. The van der Waals surface area contributed by atoms with Gasteiger partial charge in [0.25, 0.3) is 0 Å². The molecule has 0 amide bonds. The zero-order valence-electron chi connectivity index (χ0n) is 8.73. The topological polar surface area (TPSA) is 30.0 Å². The molecule has 0 spiro atoms. The Hall–Kier alpha value is -1.92. The lowest BCUT2D eigenvalue weighted by Gasteiger charge is -1.85. The lowest BCUT2D eigenvalue weighted by molar-refractivity contribution is 0.102. The van der Waals surface area contributed by atoms with E-state index in [2.05, 4.69) is 16.8 Å². The molecule has 0 N–H and O–H groups in total. The van der Waals surface area contributed by atoms with Crippen molar-refractivity contribution in [3.63, 3.8) is 0 Å². The van der Waals surface area contributed by atoms with Crippen molar-refractivity contribution in [2.45, 2.75) is 6.92 Å². The van der Waals surface area contributed by atoms with Gasteiger partial charge in [0.15, 0.2) is 10.8 Å². The number of hydrogen-bond acceptors (Lipinski definition) is 3. The van der Waals surface area contributed by atoms with E-state index in [4.69, 9.17) is 0 Å². The summed E-state index contributed by atoms with van der Waals surface area (Å²) in [5.41, 5.74) is 0.946. The molecule has 78 valence electrons. The standard InChI is InChI=1S/C13H9NOS/c1-10(15)12-9-14-13(16-12)8-7-11-5-3-2-4-6-11/h2-6,9H,1H3. The Balaban J connectivity index is 2.21. The molecule has 1 aromatic carbocycles. The smallest absolute Gasteiger partial charge is 0.171 e. The van der Waals surface area contributed by atoms with Crippen LogP contribution in [-0.2, 0) is 0 Å². The monoisotopic (exact) mass is 227 g/mol. The van der Waals surface area contributed by atoms with Gasteiger partial charge in [-0.3, -0.25) is 4.79 Å². The Kier molecular flexibility index (Phi) is 3.13. The summed E-state index contributed by atoms with van der Waals surface area (Å²) in [4.78, 5) is 15.8. The second-order valence-electron chi connectivity index (χ2n) is 3.20. The molecule has 0 bridgehead atoms. The van der Waals surface area contributed by atoms with E-state index in [0.29, 0.717) is 9.88 Å². The van der Waals surface area contributed by atoms with Gasteiger partial charge in [0, 0.05) is 12.5 Å². The maximum Gasteiger partial charge on any atom is 0.171 e. The minimum absolute atomic E-state index is 0.0326. The summed E-state index contributed by atoms with van der Waals surface area (Å²) in [6, 6.07) is 9.70. The van der Waals surface area contributed by atoms with Gasteiger partial charge in [0.2, 0.25) is 0 Å². The molecule has 0 saturated carbocycles. The number of nitrogens with zero attached hydrogens (tertiary/aromatic N) is 1. The van der Waals surface area contributed by atoms with Gasteiger partial charge in [-0.15, -0.1) is 11.3 Å². The molecule has 2 aromatic rings. The van der Waals surface area contributed by atoms with Crippen LogP contribution < -0.4 is 0 Å². The van der Waals surface area contributed by atoms with Crippen LogP contribution in [0.5, 0.6) is 0 Å². The molecule has 0 aliphatic rings. The fraction of sp³-hybridized carbons (Fsp3) is 0.0769. The average molecular weight is 227 g/mol. The minimum atomic E-state index is 0.0326. The quantitative estimate of drug-likeness (QED) is 0.554. The SMILES string of the molecule is CC(=O)c1cnc(C#Cc2ccccc2)s1. The molecule has 0 unspecified atom stereocenters. The molecule has 0 fully saturated rings. The van der Waals surface area contributed by atoms with Gasteiger partial charge >= 0.3 is 0 Å². The molecule has 0 saturated heterocycles. The highest BCUT2D eigenvalue weighted by Crippen LogP contribution is 2.12. The molecular formula is C13H9NOS. The van der Waals surface area contributed by atoms with Gasteiger partial charge in [-0.05, 0) is 18.1 Å². The number of thiazole rings is 1. The Morgan fingerprint density at radius 2 is 2.00 bits per heavy atom. The summed E-state index contributed by atoms with van der Waals surface area (Å²) in [5.74, 6) is 5.97. The maximum atomic E-state index is 11.1. The normalized spacial score (nSPS) is 9.31. The van der Waals surface area contributed by atoms with Gasteiger partial charge in [0.1, 0.15) is 0 Å². The van der Waals surface area contributed by atoms with Crippen LogP contribution in [-0.4, -0.2) is 10.8 Å². The Labute approximate surface area is 98.0 Å². The van der Waals surface area contributed by atoms with Gasteiger partial charge in [-0.25, -0.2) is 4.98 Å². The fourth-order valence-corrected chi connectivity index (χ4v) is 1.81.